The summed E-state index contributed by atoms with van der Waals surface area (Å²) in [6.45, 7) is 0.696. The predicted octanol–water partition coefficient (Wildman–Crippen LogP) is -2.83. The smallest absolute Gasteiger partial charge is 0.326 e. The number of carboxylic acid groups (broad SMARTS) is 1. The molecule has 1 aliphatic heterocycles. The molecular weight excluding hydrogens is 420 g/mol. The molecule has 11 N–H and O–H groups in total. The van der Waals surface area contributed by atoms with Crippen LogP contribution in [0.1, 0.15) is 44.9 Å². The van der Waals surface area contributed by atoms with Crippen LogP contribution in [-0.4, -0.2) is 84.0 Å². The lowest BCUT2D eigenvalue weighted by molar-refractivity contribution is -0.149. The molecule has 1 heterocycles. The highest BCUT2D eigenvalue weighted by Crippen LogP contribution is 2.19. The first-order valence-electron chi connectivity index (χ1n) is 10.8. The summed E-state index contributed by atoms with van der Waals surface area (Å²) in [5.74, 6) is -2.72. The van der Waals surface area contributed by atoms with Crippen LogP contribution in [0.5, 0.6) is 0 Å². The number of hydrogen-bond donors (Lipinski definition) is 7. The molecule has 13 heteroatoms. The van der Waals surface area contributed by atoms with Crippen molar-refractivity contribution in [2.45, 2.75) is 63.1 Å². The highest BCUT2D eigenvalue weighted by Gasteiger charge is 2.37. The van der Waals surface area contributed by atoms with E-state index in [-0.39, 0.29) is 25.5 Å². The molecule has 0 aromatic rings. The molecule has 1 saturated heterocycles. The largest absolute Gasteiger partial charge is 0.480 e. The molecule has 0 saturated carbocycles. The fraction of sp³-hybridized carbons (Fsp3) is 0.737. The Bertz CT molecular complexity index is 683. The minimum absolute atomic E-state index is 0.0899. The molecule has 3 amide bonds. The van der Waals surface area contributed by atoms with E-state index < -0.39 is 41.8 Å². The van der Waals surface area contributed by atoms with Gasteiger partial charge in [-0.1, -0.05) is 6.42 Å². The molecule has 0 aromatic carbocycles. The summed E-state index contributed by atoms with van der Waals surface area (Å²) >= 11 is 0. The molecule has 1 aliphatic rings. The summed E-state index contributed by atoms with van der Waals surface area (Å²) in [4.78, 5) is 53.9. The number of guanidine groups is 1. The van der Waals surface area contributed by atoms with E-state index in [1.807, 2.05) is 0 Å². The van der Waals surface area contributed by atoms with Crippen LogP contribution in [-0.2, 0) is 19.2 Å². The van der Waals surface area contributed by atoms with Crippen LogP contribution in [0.15, 0.2) is 4.99 Å². The number of carboxylic acids is 1. The summed E-state index contributed by atoms with van der Waals surface area (Å²) in [6, 6.07) is -2.65. The topological polar surface area (TPSA) is 232 Å². The van der Waals surface area contributed by atoms with Crippen molar-refractivity contribution in [2.24, 2.45) is 27.9 Å². The highest BCUT2D eigenvalue weighted by molar-refractivity contribution is 5.92. The van der Waals surface area contributed by atoms with E-state index in [0.29, 0.717) is 45.2 Å². The van der Waals surface area contributed by atoms with Crippen molar-refractivity contribution < 1.29 is 24.3 Å². The molecule has 0 radical (unpaired) electrons. The number of nitrogens with two attached hydrogens (primary N) is 4. The van der Waals surface area contributed by atoms with Crippen LogP contribution in [0.2, 0.25) is 0 Å². The van der Waals surface area contributed by atoms with Gasteiger partial charge in [-0.05, 0) is 45.1 Å². The van der Waals surface area contributed by atoms with Gasteiger partial charge in [-0.25, -0.2) is 4.79 Å². The average molecular weight is 457 g/mol. The van der Waals surface area contributed by atoms with E-state index in [9.17, 15) is 24.3 Å². The molecule has 0 aliphatic carbocycles. The second-order valence-corrected chi connectivity index (χ2v) is 7.71. The van der Waals surface area contributed by atoms with E-state index in [0.717, 1.165) is 6.42 Å². The highest BCUT2D eigenvalue weighted by atomic mass is 16.4. The number of carbonyl (C=O) groups is 4. The van der Waals surface area contributed by atoms with E-state index in [1.165, 1.54) is 4.90 Å². The number of likely N-dealkylation sites (tertiary alicyclic amines) is 1. The Hall–Kier alpha value is -2.93. The zero-order chi connectivity index (χ0) is 24.1. The third kappa shape index (κ3) is 9.47. The molecule has 182 valence electrons. The van der Waals surface area contributed by atoms with Crippen LogP contribution < -0.4 is 33.6 Å². The number of amides is 3. The van der Waals surface area contributed by atoms with E-state index in [4.69, 9.17) is 22.9 Å². The summed E-state index contributed by atoms with van der Waals surface area (Å²) < 4.78 is 0. The maximum Gasteiger partial charge on any atom is 0.326 e. The molecule has 1 fully saturated rings. The van der Waals surface area contributed by atoms with Crippen molar-refractivity contribution >= 4 is 29.7 Å². The first-order chi connectivity index (χ1) is 15.2. The number of carbonyl (C=O) groups excluding carboxylic acids is 3. The fourth-order valence-electron chi connectivity index (χ4n) is 3.43. The summed E-state index contributed by atoms with van der Waals surface area (Å²) in [5.41, 5.74) is 21.8. The number of unbranched alkanes of at least 4 members (excludes halogenated alkanes) is 1. The van der Waals surface area contributed by atoms with Gasteiger partial charge in [0.2, 0.25) is 17.7 Å². The first-order valence-corrected chi connectivity index (χ1v) is 10.8. The molecular formula is C19H36N8O5. The lowest BCUT2D eigenvalue weighted by Gasteiger charge is -2.27. The molecule has 1 rings (SSSR count). The predicted molar refractivity (Wildman–Crippen MR) is 118 cm³/mol. The van der Waals surface area contributed by atoms with Gasteiger partial charge in [0, 0.05) is 13.1 Å². The molecule has 3 atom stereocenters. The van der Waals surface area contributed by atoms with Gasteiger partial charge in [0.15, 0.2) is 5.96 Å². The van der Waals surface area contributed by atoms with Gasteiger partial charge < -0.3 is 43.6 Å². The number of nitrogens with one attached hydrogen (secondary N) is 2. The third-order valence-corrected chi connectivity index (χ3v) is 5.13. The second-order valence-electron chi connectivity index (χ2n) is 7.71. The van der Waals surface area contributed by atoms with Crippen molar-refractivity contribution in [3.63, 3.8) is 0 Å². The van der Waals surface area contributed by atoms with E-state index in [1.54, 1.807) is 0 Å². The zero-order valence-corrected chi connectivity index (χ0v) is 18.3. The van der Waals surface area contributed by atoms with Gasteiger partial charge in [-0.2, -0.15) is 0 Å². The van der Waals surface area contributed by atoms with Crippen molar-refractivity contribution in [3.05, 3.63) is 0 Å². The molecule has 0 bridgehead atoms. The van der Waals surface area contributed by atoms with E-state index in [2.05, 4.69) is 15.6 Å². The Kier molecular flexibility index (Phi) is 12.0. The summed E-state index contributed by atoms with van der Waals surface area (Å²) in [5, 5.41) is 14.4. The minimum atomic E-state index is -1.09. The number of aliphatic carboxylic acids is 1. The Morgan fingerprint density at radius 1 is 1.12 bits per heavy atom. The van der Waals surface area contributed by atoms with Gasteiger partial charge in [-0.15, -0.1) is 0 Å². The Morgan fingerprint density at radius 3 is 2.47 bits per heavy atom. The number of hydrogen-bond acceptors (Lipinski definition) is 7. The normalized spacial score (nSPS) is 17.3. The van der Waals surface area contributed by atoms with Crippen molar-refractivity contribution in [3.8, 4) is 0 Å². The third-order valence-electron chi connectivity index (χ3n) is 5.13. The molecule has 13 nitrogen and oxygen atoms in total. The maximum atomic E-state index is 13.0. The quantitative estimate of drug-likeness (QED) is 0.0809. The fourth-order valence-corrected chi connectivity index (χ4v) is 3.43. The summed E-state index contributed by atoms with van der Waals surface area (Å²) in [6.07, 6.45) is 3.41. The molecule has 0 aromatic heterocycles. The van der Waals surface area contributed by atoms with Crippen LogP contribution in [0.25, 0.3) is 0 Å². The van der Waals surface area contributed by atoms with Crippen molar-refractivity contribution in [1.82, 2.24) is 15.5 Å². The first kappa shape index (κ1) is 27.1. The van der Waals surface area contributed by atoms with Gasteiger partial charge in [0.25, 0.3) is 0 Å². The van der Waals surface area contributed by atoms with Crippen LogP contribution in [0.3, 0.4) is 0 Å². The standard InChI is InChI=1S/C19H36N8O5/c20-8-2-1-5-12(21)16(29)25-11-15(28)26-13(6-3-9-24-19(22)23)17(30)27-10-4-7-14(27)18(31)32/h12-14H,1-11,20-21H2,(H,25,29)(H,26,28)(H,31,32)(H4,22,23,24). The maximum absolute atomic E-state index is 13.0. The van der Waals surface area contributed by atoms with Gasteiger partial charge in [0.05, 0.1) is 12.6 Å². The zero-order valence-electron chi connectivity index (χ0n) is 18.3. The van der Waals surface area contributed by atoms with Gasteiger partial charge >= 0.3 is 5.97 Å². The van der Waals surface area contributed by atoms with Crippen LogP contribution in [0, 0.1) is 0 Å². The molecule has 0 spiro atoms. The Labute approximate surface area is 187 Å². The second kappa shape index (κ2) is 14.2. The van der Waals surface area contributed by atoms with Crippen LogP contribution in [0.4, 0.5) is 0 Å². The Balaban J connectivity index is 2.68. The van der Waals surface area contributed by atoms with Gasteiger partial charge in [-0.3, -0.25) is 19.4 Å². The Morgan fingerprint density at radius 2 is 1.84 bits per heavy atom. The monoisotopic (exact) mass is 456 g/mol. The SMILES string of the molecule is NCCCCC(N)C(=O)NCC(=O)NC(CCCN=C(N)N)C(=O)N1CCCC1C(=O)O. The molecule has 3 unspecified atom stereocenters. The average Bonchev–Trinajstić information content (AvgIpc) is 3.23. The van der Waals surface area contributed by atoms with Crippen LogP contribution >= 0.6 is 0 Å². The summed E-state index contributed by atoms with van der Waals surface area (Å²) in [7, 11) is 0. The number of aliphatic imine (C=N–C) groups is 1. The number of rotatable bonds is 14. The number of nitrogens with zero attached hydrogens (tertiary/aromatic N) is 2. The lowest BCUT2D eigenvalue weighted by Crippen LogP contribution is -2.53. The van der Waals surface area contributed by atoms with E-state index >= 15 is 0 Å². The lowest BCUT2D eigenvalue weighted by atomic mass is 10.1. The molecule has 32 heavy (non-hydrogen) atoms. The van der Waals surface area contributed by atoms with Crippen molar-refractivity contribution in [2.75, 3.05) is 26.2 Å². The van der Waals surface area contributed by atoms with Gasteiger partial charge in [0.1, 0.15) is 12.1 Å². The van der Waals surface area contributed by atoms with Crippen molar-refractivity contribution in [1.29, 1.82) is 0 Å². The minimum Gasteiger partial charge on any atom is -0.480 e.